The minimum absolute atomic E-state index is 0.0404. The third-order valence-electron chi connectivity index (χ3n) is 2.50. The van der Waals surface area contributed by atoms with Crippen LogP contribution in [0.25, 0.3) is 11.0 Å². The van der Waals surface area contributed by atoms with Crippen molar-refractivity contribution in [3.05, 3.63) is 40.6 Å². The van der Waals surface area contributed by atoms with E-state index < -0.39 is 23.6 Å². The highest BCUT2D eigenvalue weighted by molar-refractivity contribution is 7.71. The Morgan fingerprint density at radius 1 is 1.10 bits per heavy atom. The van der Waals surface area contributed by atoms with Crippen LogP contribution in [0.4, 0.5) is 22.0 Å². The molecule has 2 rings (SSSR count). The Hall–Kier alpha value is -1.83. The summed E-state index contributed by atoms with van der Waals surface area (Å²) < 4.78 is 67.1. The first-order chi connectivity index (χ1) is 9.14. The third-order valence-corrected chi connectivity index (χ3v) is 2.84. The van der Waals surface area contributed by atoms with Crippen molar-refractivity contribution in [1.29, 1.82) is 0 Å². The third kappa shape index (κ3) is 2.31. The number of Topliss-reactive ketones (excluding diaryl/α,β-unsaturated/α-hetero) is 1. The largest absolute Gasteiger partial charge is 0.461 e. The van der Waals surface area contributed by atoms with Gasteiger partial charge in [0.15, 0.2) is 5.76 Å². The molecular formula is C12H5F5O2S. The van der Waals surface area contributed by atoms with Crippen molar-refractivity contribution in [2.45, 2.75) is 12.1 Å². The van der Waals surface area contributed by atoms with Gasteiger partial charge in [0.05, 0.1) is 4.51 Å². The molecule has 0 atom stereocenters. The van der Waals surface area contributed by atoms with Crippen molar-refractivity contribution in [3.63, 3.8) is 0 Å². The molecular weight excluding hydrogens is 303 g/mol. The predicted octanol–water partition coefficient (Wildman–Crippen LogP) is 4.54. The van der Waals surface area contributed by atoms with Crippen molar-refractivity contribution in [2.24, 2.45) is 0 Å². The number of carbonyl (C=O) groups excluding carboxylic acids is 1. The standard InChI is InChI=1S/C12H5F5O2S/c13-11(14,12(15,16)17)10(18)8-5-9(20)6-3-1-2-4-7(6)19-8/h1-5H. The molecule has 1 heterocycles. The zero-order valence-electron chi connectivity index (χ0n) is 9.50. The second-order valence-electron chi connectivity index (χ2n) is 3.87. The van der Waals surface area contributed by atoms with Crippen LogP contribution in [-0.2, 0) is 0 Å². The van der Waals surface area contributed by atoms with Crippen LogP contribution in [0, 0.1) is 4.51 Å². The number of fused-ring (bicyclic) bond motifs is 1. The Morgan fingerprint density at radius 3 is 2.30 bits per heavy atom. The SMILES string of the molecule is O=C(c1cc(=S)c2ccccc2o1)C(F)(F)C(F)(F)F. The van der Waals surface area contributed by atoms with E-state index in [2.05, 4.69) is 0 Å². The molecule has 106 valence electrons. The van der Waals surface area contributed by atoms with Gasteiger partial charge in [-0.2, -0.15) is 22.0 Å². The van der Waals surface area contributed by atoms with Crippen LogP contribution in [-0.4, -0.2) is 17.9 Å². The molecule has 0 bridgehead atoms. The molecule has 0 aliphatic carbocycles. The molecule has 0 saturated carbocycles. The number of benzene rings is 1. The molecule has 2 aromatic rings. The Morgan fingerprint density at radius 2 is 1.70 bits per heavy atom. The van der Waals surface area contributed by atoms with Crippen molar-refractivity contribution in [3.8, 4) is 0 Å². The van der Waals surface area contributed by atoms with E-state index in [1.165, 1.54) is 18.2 Å². The molecule has 0 unspecified atom stereocenters. The lowest BCUT2D eigenvalue weighted by molar-refractivity contribution is -0.256. The number of halogens is 5. The van der Waals surface area contributed by atoms with Gasteiger partial charge in [-0.25, -0.2) is 0 Å². The number of para-hydroxylation sites is 1. The highest BCUT2D eigenvalue weighted by Gasteiger charge is 2.64. The minimum Gasteiger partial charge on any atom is -0.453 e. The van der Waals surface area contributed by atoms with E-state index in [9.17, 15) is 26.7 Å². The summed E-state index contributed by atoms with van der Waals surface area (Å²) in [6.07, 6.45) is -5.99. The normalized spacial score (nSPS) is 12.7. The summed E-state index contributed by atoms with van der Waals surface area (Å²) in [4.78, 5) is 11.3. The summed E-state index contributed by atoms with van der Waals surface area (Å²) in [6.45, 7) is 0. The van der Waals surface area contributed by atoms with Gasteiger partial charge in [-0.3, -0.25) is 4.79 Å². The van der Waals surface area contributed by atoms with Gasteiger partial charge >= 0.3 is 12.1 Å². The first-order valence-electron chi connectivity index (χ1n) is 5.17. The zero-order valence-corrected chi connectivity index (χ0v) is 10.3. The maximum atomic E-state index is 13.0. The van der Waals surface area contributed by atoms with Crippen LogP contribution < -0.4 is 0 Å². The Kier molecular flexibility index (Phi) is 3.37. The molecule has 0 N–H and O–H groups in total. The number of alkyl halides is 5. The number of rotatable bonds is 2. The average Bonchev–Trinajstić information content (AvgIpc) is 2.36. The number of ketones is 1. The summed E-state index contributed by atoms with van der Waals surface area (Å²) in [6, 6.07) is 6.56. The number of hydrogen-bond donors (Lipinski definition) is 0. The molecule has 0 fully saturated rings. The quantitative estimate of drug-likeness (QED) is 0.463. The van der Waals surface area contributed by atoms with Crippen molar-refractivity contribution in [2.75, 3.05) is 0 Å². The molecule has 0 spiro atoms. The summed E-state index contributed by atoms with van der Waals surface area (Å²) >= 11 is 4.84. The second kappa shape index (κ2) is 4.62. The van der Waals surface area contributed by atoms with E-state index in [1.807, 2.05) is 0 Å². The highest BCUT2D eigenvalue weighted by Crippen LogP contribution is 2.38. The topological polar surface area (TPSA) is 30.2 Å². The van der Waals surface area contributed by atoms with Gasteiger partial charge in [-0.1, -0.05) is 24.4 Å². The maximum Gasteiger partial charge on any atom is 0.461 e. The van der Waals surface area contributed by atoms with Gasteiger partial charge < -0.3 is 4.42 Å². The molecule has 2 nitrogen and oxygen atoms in total. The molecule has 1 aromatic heterocycles. The molecule has 0 saturated heterocycles. The minimum atomic E-state index is -5.99. The molecule has 0 amide bonds. The lowest BCUT2D eigenvalue weighted by Crippen LogP contribution is -2.44. The highest BCUT2D eigenvalue weighted by atomic mass is 32.1. The number of hydrogen-bond acceptors (Lipinski definition) is 3. The second-order valence-corrected chi connectivity index (χ2v) is 4.31. The van der Waals surface area contributed by atoms with Crippen LogP contribution in [0.5, 0.6) is 0 Å². The van der Waals surface area contributed by atoms with Crippen LogP contribution in [0.2, 0.25) is 0 Å². The van der Waals surface area contributed by atoms with Crippen LogP contribution >= 0.6 is 12.2 Å². The van der Waals surface area contributed by atoms with Crippen LogP contribution in [0.3, 0.4) is 0 Å². The van der Waals surface area contributed by atoms with E-state index >= 15 is 0 Å². The van der Waals surface area contributed by atoms with Crippen molar-refractivity contribution < 1.29 is 31.2 Å². The maximum absolute atomic E-state index is 13.0. The lowest BCUT2D eigenvalue weighted by Gasteiger charge is -2.17. The van der Waals surface area contributed by atoms with Crippen LogP contribution in [0.15, 0.2) is 34.7 Å². The molecule has 0 aliphatic heterocycles. The van der Waals surface area contributed by atoms with Crippen molar-refractivity contribution in [1.82, 2.24) is 0 Å². The van der Waals surface area contributed by atoms with E-state index in [0.29, 0.717) is 11.5 Å². The molecule has 20 heavy (non-hydrogen) atoms. The van der Waals surface area contributed by atoms with Gasteiger partial charge in [0.1, 0.15) is 5.58 Å². The van der Waals surface area contributed by atoms with Gasteiger partial charge in [0.25, 0.3) is 5.78 Å². The molecule has 0 radical (unpaired) electrons. The summed E-state index contributed by atoms with van der Waals surface area (Å²) in [5.41, 5.74) is -0.0404. The summed E-state index contributed by atoms with van der Waals surface area (Å²) in [7, 11) is 0. The Bertz CT molecular complexity index is 732. The fourth-order valence-electron chi connectivity index (χ4n) is 1.50. The van der Waals surface area contributed by atoms with E-state index in [1.54, 1.807) is 6.07 Å². The van der Waals surface area contributed by atoms with Crippen LogP contribution in [0.1, 0.15) is 10.6 Å². The van der Waals surface area contributed by atoms with Gasteiger partial charge in [-0.15, -0.1) is 0 Å². The average molecular weight is 308 g/mol. The van der Waals surface area contributed by atoms with Gasteiger partial charge in [-0.05, 0) is 12.1 Å². The predicted molar refractivity (Wildman–Crippen MR) is 62.4 cm³/mol. The smallest absolute Gasteiger partial charge is 0.453 e. The zero-order chi connectivity index (χ0) is 15.1. The summed E-state index contributed by atoms with van der Waals surface area (Å²) in [5.74, 6) is -9.13. The van der Waals surface area contributed by atoms with E-state index in [4.69, 9.17) is 16.6 Å². The fourth-order valence-corrected chi connectivity index (χ4v) is 1.77. The van der Waals surface area contributed by atoms with Gasteiger partial charge in [0.2, 0.25) is 0 Å². The first kappa shape index (κ1) is 14.6. The van der Waals surface area contributed by atoms with E-state index in [0.717, 1.165) is 0 Å². The van der Waals surface area contributed by atoms with Gasteiger partial charge in [0, 0.05) is 11.5 Å². The monoisotopic (exact) mass is 308 g/mol. The Balaban J connectivity index is 2.60. The Labute approximate surface area is 113 Å². The molecule has 1 aromatic carbocycles. The molecule has 8 heteroatoms. The number of carbonyl (C=O) groups is 1. The summed E-state index contributed by atoms with van der Waals surface area (Å²) in [5, 5.41) is 0.342. The molecule has 0 aliphatic rings. The van der Waals surface area contributed by atoms with E-state index in [-0.39, 0.29) is 10.1 Å². The first-order valence-corrected chi connectivity index (χ1v) is 5.57. The lowest BCUT2D eigenvalue weighted by atomic mass is 10.1. The van der Waals surface area contributed by atoms with Crippen molar-refractivity contribution >= 4 is 29.0 Å². The fraction of sp³-hybridized carbons (Fsp3) is 0.167.